The van der Waals surface area contributed by atoms with E-state index in [1.807, 2.05) is 0 Å². The number of hydrogen-bond acceptors (Lipinski definition) is 6. The van der Waals surface area contributed by atoms with Crippen LogP contribution in [-0.4, -0.2) is 44.6 Å². The number of H-pyrrole nitrogens is 1. The maximum Gasteiger partial charge on any atom is 0.308 e. The summed E-state index contributed by atoms with van der Waals surface area (Å²) in [6.07, 6.45) is 0.298. The predicted molar refractivity (Wildman–Crippen MR) is 61.5 cm³/mol. The fraction of sp³-hybridized carbons (Fsp3) is 0.364. The molecule has 0 amide bonds. The smallest absolute Gasteiger partial charge is 0.308 e. The van der Waals surface area contributed by atoms with E-state index in [0.29, 0.717) is 0 Å². The maximum atomic E-state index is 11.0. The Morgan fingerprint density at radius 1 is 1.50 bits per heavy atom. The first-order chi connectivity index (χ1) is 8.61. The molecule has 0 bridgehead atoms. The number of esters is 1. The number of aromatic nitrogens is 3. The van der Waals surface area contributed by atoms with Gasteiger partial charge in [0.15, 0.2) is 0 Å². The van der Waals surface area contributed by atoms with E-state index < -0.39 is 18.2 Å². The van der Waals surface area contributed by atoms with E-state index in [9.17, 15) is 15.0 Å². The Labute approximate surface area is 102 Å². The van der Waals surface area contributed by atoms with Crippen LogP contribution >= 0.6 is 0 Å². The second-order valence-corrected chi connectivity index (χ2v) is 3.86. The van der Waals surface area contributed by atoms with Crippen molar-refractivity contribution in [2.45, 2.75) is 18.6 Å². The molecule has 2 aromatic rings. The fourth-order valence-electron chi connectivity index (χ4n) is 1.58. The van der Waals surface area contributed by atoms with Crippen molar-refractivity contribution in [3.63, 3.8) is 0 Å². The molecular formula is C11H13N3O4. The van der Waals surface area contributed by atoms with E-state index >= 15 is 0 Å². The molecule has 0 spiro atoms. The number of aliphatic hydroxyl groups is 2. The van der Waals surface area contributed by atoms with E-state index in [2.05, 4.69) is 19.9 Å². The number of aliphatic hydroxyl groups excluding tert-OH is 2. The number of methoxy groups -OCH3 is 1. The third-order valence-electron chi connectivity index (χ3n) is 2.62. The summed E-state index contributed by atoms with van der Waals surface area (Å²) in [4.78, 5) is 15.0. The summed E-state index contributed by atoms with van der Waals surface area (Å²) in [5, 5.41) is 26.9. The Hall–Kier alpha value is -1.99. The Morgan fingerprint density at radius 2 is 2.28 bits per heavy atom. The van der Waals surface area contributed by atoms with Gasteiger partial charge in [0.2, 0.25) is 0 Å². The summed E-state index contributed by atoms with van der Waals surface area (Å²) in [6.45, 7) is 0. The lowest BCUT2D eigenvalue weighted by Gasteiger charge is -2.16. The normalized spacial score (nSPS) is 14.4. The number of hydrogen-bond donors (Lipinski definition) is 3. The van der Waals surface area contributed by atoms with Crippen molar-refractivity contribution < 1.29 is 19.7 Å². The van der Waals surface area contributed by atoms with Crippen LogP contribution in [0.15, 0.2) is 18.5 Å². The van der Waals surface area contributed by atoms with Crippen LogP contribution < -0.4 is 0 Å². The van der Waals surface area contributed by atoms with Crippen LogP contribution in [0.25, 0.3) is 10.9 Å². The minimum atomic E-state index is -1.26. The highest BCUT2D eigenvalue weighted by atomic mass is 16.5. The highest BCUT2D eigenvalue weighted by Gasteiger charge is 2.23. The summed E-state index contributed by atoms with van der Waals surface area (Å²) in [6, 6.07) is 1.60. The molecule has 0 aromatic carbocycles. The van der Waals surface area contributed by atoms with Crippen molar-refractivity contribution in [1.29, 1.82) is 0 Å². The molecule has 0 saturated heterocycles. The average molecular weight is 251 g/mol. The standard InChI is InChI=1S/C11H13N3O4/c1-18-10(16)3-9(15)11(17)7-2-6-4-13-14-8(6)5-12-7/h2,4-5,9,11,15,17H,3H2,1H3,(H,13,14). The summed E-state index contributed by atoms with van der Waals surface area (Å²) >= 11 is 0. The van der Waals surface area contributed by atoms with Gasteiger partial charge in [0.1, 0.15) is 6.10 Å². The molecule has 7 nitrogen and oxygen atoms in total. The third-order valence-corrected chi connectivity index (χ3v) is 2.62. The van der Waals surface area contributed by atoms with Crippen molar-refractivity contribution >= 4 is 16.9 Å². The topological polar surface area (TPSA) is 108 Å². The molecule has 2 heterocycles. The number of pyridine rings is 1. The first kappa shape index (κ1) is 12.5. The van der Waals surface area contributed by atoms with Gasteiger partial charge in [-0.1, -0.05) is 0 Å². The van der Waals surface area contributed by atoms with E-state index in [4.69, 9.17) is 0 Å². The minimum Gasteiger partial charge on any atom is -0.469 e. The molecule has 2 aromatic heterocycles. The molecule has 0 saturated carbocycles. The molecule has 2 rings (SSSR count). The van der Waals surface area contributed by atoms with E-state index in [0.717, 1.165) is 10.9 Å². The second kappa shape index (κ2) is 5.11. The van der Waals surface area contributed by atoms with Gasteiger partial charge in [-0.2, -0.15) is 5.10 Å². The first-order valence-electron chi connectivity index (χ1n) is 5.34. The largest absolute Gasteiger partial charge is 0.469 e. The number of nitrogens with one attached hydrogen (secondary N) is 1. The van der Waals surface area contributed by atoms with Gasteiger partial charge in [-0.15, -0.1) is 0 Å². The van der Waals surface area contributed by atoms with Crippen LogP contribution in [0, 0.1) is 0 Å². The monoisotopic (exact) mass is 251 g/mol. The quantitative estimate of drug-likeness (QED) is 0.656. The van der Waals surface area contributed by atoms with E-state index in [1.165, 1.54) is 13.3 Å². The van der Waals surface area contributed by atoms with Crippen molar-refractivity contribution in [1.82, 2.24) is 15.2 Å². The molecule has 18 heavy (non-hydrogen) atoms. The van der Waals surface area contributed by atoms with Crippen LogP contribution in [0.2, 0.25) is 0 Å². The van der Waals surface area contributed by atoms with Crippen molar-refractivity contribution in [2.24, 2.45) is 0 Å². The second-order valence-electron chi connectivity index (χ2n) is 3.86. The van der Waals surface area contributed by atoms with Gasteiger partial charge in [-0.25, -0.2) is 0 Å². The van der Waals surface area contributed by atoms with Gasteiger partial charge >= 0.3 is 5.97 Å². The molecule has 7 heteroatoms. The minimum absolute atomic E-state index is 0.278. The number of ether oxygens (including phenoxy) is 1. The van der Waals surface area contributed by atoms with Crippen molar-refractivity contribution in [2.75, 3.05) is 7.11 Å². The summed E-state index contributed by atoms with van der Waals surface area (Å²) in [5.74, 6) is -0.592. The highest BCUT2D eigenvalue weighted by molar-refractivity contribution is 5.77. The van der Waals surface area contributed by atoms with Gasteiger partial charge < -0.3 is 14.9 Å². The SMILES string of the molecule is COC(=O)CC(O)C(O)c1cc2cn[nH]c2cn1. The van der Waals surface area contributed by atoms with Crippen LogP contribution in [-0.2, 0) is 9.53 Å². The number of carbonyl (C=O) groups excluding carboxylic acids is 1. The Balaban J connectivity index is 2.16. The number of fused-ring (bicyclic) bond motifs is 1. The molecule has 0 aliphatic rings. The van der Waals surface area contributed by atoms with Crippen molar-refractivity contribution in [3.8, 4) is 0 Å². The molecule has 96 valence electrons. The van der Waals surface area contributed by atoms with Crippen molar-refractivity contribution in [3.05, 3.63) is 24.2 Å². The molecule has 0 aliphatic carbocycles. The highest BCUT2D eigenvalue weighted by Crippen LogP contribution is 2.20. The average Bonchev–Trinajstić information content (AvgIpc) is 2.84. The van der Waals surface area contributed by atoms with E-state index in [-0.39, 0.29) is 12.1 Å². The van der Waals surface area contributed by atoms with Gasteiger partial charge in [0, 0.05) is 5.39 Å². The Morgan fingerprint density at radius 3 is 3.00 bits per heavy atom. The van der Waals surface area contributed by atoms with Crippen LogP contribution in [0.3, 0.4) is 0 Å². The third kappa shape index (κ3) is 2.47. The first-order valence-corrected chi connectivity index (χ1v) is 5.34. The van der Waals surface area contributed by atoms with Gasteiger partial charge in [0.25, 0.3) is 0 Å². The van der Waals surface area contributed by atoms with Gasteiger partial charge in [-0.05, 0) is 6.07 Å². The molecule has 2 unspecified atom stereocenters. The summed E-state index contributed by atoms with van der Waals surface area (Å²) < 4.78 is 4.42. The maximum absolute atomic E-state index is 11.0. The lowest BCUT2D eigenvalue weighted by Crippen LogP contribution is -2.23. The molecular weight excluding hydrogens is 238 g/mol. The molecule has 3 N–H and O–H groups in total. The van der Waals surface area contributed by atoms with Crippen LogP contribution in [0.1, 0.15) is 18.2 Å². The number of rotatable bonds is 4. The lowest BCUT2D eigenvalue weighted by molar-refractivity contribution is -0.144. The van der Waals surface area contributed by atoms with Gasteiger partial charge in [0.05, 0.1) is 43.2 Å². The summed E-state index contributed by atoms with van der Waals surface area (Å²) in [7, 11) is 1.22. The Kier molecular flexibility index (Phi) is 3.54. The number of carbonyl (C=O) groups is 1. The van der Waals surface area contributed by atoms with E-state index in [1.54, 1.807) is 12.3 Å². The fourth-order valence-corrected chi connectivity index (χ4v) is 1.58. The molecule has 0 aliphatic heterocycles. The van der Waals surface area contributed by atoms with Crippen LogP contribution in [0.4, 0.5) is 0 Å². The molecule has 2 atom stereocenters. The zero-order chi connectivity index (χ0) is 13.1. The zero-order valence-corrected chi connectivity index (χ0v) is 9.70. The molecule has 0 radical (unpaired) electrons. The number of aromatic amines is 1. The molecule has 0 fully saturated rings. The Bertz CT molecular complexity index is 554. The van der Waals surface area contributed by atoms with Crippen LogP contribution in [0.5, 0.6) is 0 Å². The number of nitrogens with zero attached hydrogens (tertiary/aromatic N) is 2. The predicted octanol–water partition coefficient (Wildman–Crippen LogP) is -0.0847. The lowest BCUT2D eigenvalue weighted by atomic mass is 10.1. The zero-order valence-electron chi connectivity index (χ0n) is 9.70. The van der Waals surface area contributed by atoms with Gasteiger partial charge in [-0.3, -0.25) is 14.9 Å². The summed E-state index contributed by atoms with van der Waals surface area (Å²) in [5.41, 5.74) is 1.01.